The molecule has 18 heavy (non-hydrogen) atoms. The average Bonchev–Trinajstić information content (AvgIpc) is 3.11. The van der Waals surface area contributed by atoms with Crippen LogP contribution in [0.2, 0.25) is 0 Å². The lowest BCUT2D eigenvalue weighted by atomic mass is 10.1. The fourth-order valence-electron chi connectivity index (χ4n) is 1.86. The fraction of sp³-hybridized carbons (Fsp3) is 0.462. The summed E-state index contributed by atoms with van der Waals surface area (Å²) in [6, 6.07) is 4.33. The van der Waals surface area contributed by atoms with E-state index in [-0.39, 0.29) is 12.1 Å². The van der Waals surface area contributed by atoms with Crippen molar-refractivity contribution in [1.29, 1.82) is 0 Å². The van der Waals surface area contributed by atoms with Crippen LogP contribution in [0.4, 0.5) is 4.39 Å². The maximum atomic E-state index is 13.6. The summed E-state index contributed by atoms with van der Waals surface area (Å²) in [6.45, 7) is 0.249. The van der Waals surface area contributed by atoms with Gasteiger partial charge in [-0.1, -0.05) is 15.9 Å². The standard InChI is InChI=1S/C13H15BrFNO2/c1-16(7-12(17)8-2-3-8)13(18)10-5-4-9(14)6-11(10)15/h4-6,8,12,17H,2-3,7H2,1H3. The van der Waals surface area contributed by atoms with Gasteiger partial charge in [-0.15, -0.1) is 0 Å². The highest BCUT2D eigenvalue weighted by molar-refractivity contribution is 9.10. The van der Waals surface area contributed by atoms with Gasteiger partial charge in [-0.3, -0.25) is 4.79 Å². The normalized spacial score (nSPS) is 16.4. The molecule has 5 heteroatoms. The van der Waals surface area contributed by atoms with Crippen LogP contribution in [-0.2, 0) is 0 Å². The molecule has 1 atom stereocenters. The van der Waals surface area contributed by atoms with Gasteiger partial charge in [0.1, 0.15) is 5.82 Å². The minimum absolute atomic E-state index is 0.0312. The Morgan fingerprint density at radius 2 is 2.28 bits per heavy atom. The summed E-state index contributed by atoms with van der Waals surface area (Å²) in [5, 5.41) is 9.77. The van der Waals surface area contributed by atoms with E-state index in [2.05, 4.69) is 15.9 Å². The minimum Gasteiger partial charge on any atom is -0.391 e. The summed E-state index contributed by atoms with van der Waals surface area (Å²) in [5.41, 5.74) is 0.0312. The lowest BCUT2D eigenvalue weighted by Crippen LogP contribution is -2.35. The van der Waals surface area contributed by atoms with E-state index in [1.165, 1.54) is 17.0 Å². The van der Waals surface area contributed by atoms with Crippen LogP contribution in [0.25, 0.3) is 0 Å². The number of carbonyl (C=O) groups is 1. The Morgan fingerprint density at radius 1 is 1.61 bits per heavy atom. The van der Waals surface area contributed by atoms with Gasteiger partial charge in [0, 0.05) is 18.1 Å². The van der Waals surface area contributed by atoms with Crippen LogP contribution in [0, 0.1) is 11.7 Å². The van der Waals surface area contributed by atoms with Crippen molar-refractivity contribution in [2.24, 2.45) is 5.92 Å². The molecule has 1 amide bonds. The number of amides is 1. The van der Waals surface area contributed by atoms with E-state index in [4.69, 9.17) is 0 Å². The smallest absolute Gasteiger partial charge is 0.256 e. The van der Waals surface area contributed by atoms with Crippen molar-refractivity contribution >= 4 is 21.8 Å². The number of hydrogen-bond donors (Lipinski definition) is 1. The Labute approximate surface area is 114 Å². The highest BCUT2D eigenvalue weighted by atomic mass is 79.9. The van der Waals surface area contributed by atoms with E-state index in [0.29, 0.717) is 10.4 Å². The second-order valence-corrected chi connectivity index (χ2v) is 5.63. The Balaban J connectivity index is 2.04. The van der Waals surface area contributed by atoms with Crippen molar-refractivity contribution < 1.29 is 14.3 Å². The van der Waals surface area contributed by atoms with E-state index in [1.54, 1.807) is 13.1 Å². The summed E-state index contributed by atoms with van der Waals surface area (Å²) in [4.78, 5) is 13.4. The largest absolute Gasteiger partial charge is 0.391 e. The van der Waals surface area contributed by atoms with Crippen LogP contribution < -0.4 is 0 Å². The molecule has 1 aromatic rings. The third-order valence-corrected chi connectivity index (χ3v) is 3.63. The van der Waals surface area contributed by atoms with E-state index < -0.39 is 17.8 Å². The molecule has 1 unspecified atom stereocenters. The first-order valence-corrected chi connectivity index (χ1v) is 6.67. The van der Waals surface area contributed by atoms with Crippen molar-refractivity contribution in [1.82, 2.24) is 4.90 Å². The van der Waals surface area contributed by atoms with Gasteiger partial charge in [0.2, 0.25) is 0 Å². The molecule has 0 aromatic heterocycles. The number of nitrogens with zero attached hydrogens (tertiary/aromatic N) is 1. The van der Waals surface area contributed by atoms with Gasteiger partial charge in [0.25, 0.3) is 5.91 Å². The van der Waals surface area contributed by atoms with E-state index in [9.17, 15) is 14.3 Å². The first-order valence-electron chi connectivity index (χ1n) is 5.87. The minimum atomic E-state index is -0.554. The molecular weight excluding hydrogens is 301 g/mol. The van der Waals surface area contributed by atoms with Crippen molar-refractivity contribution in [3.63, 3.8) is 0 Å². The third kappa shape index (κ3) is 3.09. The predicted octanol–water partition coefficient (Wildman–Crippen LogP) is 2.43. The maximum Gasteiger partial charge on any atom is 0.256 e. The topological polar surface area (TPSA) is 40.5 Å². The van der Waals surface area contributed by atoms with E-state index in [1.807, 2.05) is 0 Å². The quantitative estimate of drug-likeness (QED) is 0.927. The molecule has 1 aliphatic carbocycles. The van der Waals surface area contributed by atoms with E-state index in [0.717, 1.165) is 12.8 Å². The summed E-state index contributed by atoms with van der Waals surface area (Å²) >= 11 is 3.15. The molecule has 0 radical (unpaired) electrons. The number of carbonyl (C=O) groups excluding carboxylic acids is 1. The van der Waals surface area contributed by atoms with Crippen molar-refractivity contribution in [3.05, 3.63) is 34.1 Å². The maximum absolute atomic E-state index is 13.6. The van der Waals surface area contributed by atoms with Crippen molar-refractivity contribution in [2.75, 3.05) is 13.6 Å². The highest BCUT2D eigenvalue weighted by Crippen LogP contribution is 2.32. The molecule has 1 saturated carbocycles. The molecule has 1 N–H and O–H groups in total. The number of aliphatic hydroxyl groups is 1. The summed E-state index contributed by atoms with van der Waals surface area (Å²) < 4.78 is 14.2. The second-order valence-electron chi connectivity index (χ2n) is 4.71. The number of likely N-dealkylation sites (N-methyl/N-ethyl adjacent to an activating group) is 1. The van der Waals surface area contributed by atoms with Gasteiger partial charge in [-0.05, 0) is 37.0 Å². The number of hydrogen-bond acceptors (Lipinski definition) is 2. The Kier molecular flexibility index (Phi) is 4.02. The predicted molar refractivity (Wildman–Crippen MR) is 69.8 cm³/mol. The highest BCUT2D eigenvalue weighted by Gasteiger charge is 2.31. The molecule has 0 bridgehead atoms. The van der Waals surface area contributed by atoms with Crippen LogP contribution in [0.5, 0.6) is 0 Å². The molecule has 0 saturated heterocycles. The monoisotopic (exact) mass is 315 g/mol. The Morgan fingerprint density at radius 3 is 2.83 bits per heavy atom. The zero-order valence-electron chi connectivity index (χ0n) is 10.1. The molecule has 1 aliphatic rings. The van der Waals surface area contributed by atoms with Gasteiger partial charge in [0.15, 0.2) is 0 Å². The SMILES string of the molecule is CN(CC(O)C1CC1)C(=O)c1ccc(Br)cc1F. The third-order valence-electron chi connectivity index (χ3n) is 3.14. The zero-order valence-corrected chi connectivity index (χ0v) is 11.7. The molecule has 3 nitrogen and oxygen atoms in total. The first-order chi connectivity index (χ1) is 8.49. The molecule has 0 spiro atoms. The number of benzene rings is 1. The van der Waals surface area contributed by atoms with Gasteiger partial charge in [0.05, 0.1) is 11.7 Å². The molecule has 1 fully saturated rings. The van der Waals surface area contributed by atoms with Crippen LogP contribution >= 0.6 is 15.9 Å². The molecule has 2 rings (SSSR count). The van der Waals surface area contributed by atoms with Crippen LogP contribution in [0.1, 0.15) is 23.2 Å². The Bertz CT molecular complexity index is 462. The number of rotatable bonds is 4. The van der Waals surface area contributed by atoms with Gasteiger partial charge < -0.3 is 10.0 Å². The first kappa shape index (κ1) is 13.5. The van der Waals surface area contributed by atoms with Gasteiger partial charge in [-0.2, -0.15) is 0 Å². The molecular formula is C13H15BrFNO2. The van der Waals surface area contributed by atoms with Crippen LogP contribution in [0.3, 0.4) is 0 Å². The second kappa shape index (κ2) is 5.36. The van der Waals surface area contributed by atoms with Crippen LogP contribution in [-0.4, -0.2) is 35.6 Å². The van der Waals surface area contributed by atoms with Crippen molar-refractivity contribution in [2.45, 2.75) is 18.9 Å². The van der Waals surface area contributed by atoms with Gasteiger partial charge in [-0.25, -0.2) is 4.39 Å². The van der Waals surface area contributed by atoms with Crippen molar-refractivity contribution in [3.8, 4) is 0 Å². The summed E-state index contributed by atoms with van der Waals surface area (Å²) in [5.74, 6) is -0.656. The zero-order chi connectivity index (χ0) is 13.3. The number of aliphatic hydroxyl groups excluding tert-OH is 1. The summed E-state index contributed by atoms with van der Waals surface area (Å²) in [7, 11) is 1.58. The summed E-state index contributed by atoms with van der Waals surface area (Å²) in [6.07, 6.45) is 1.52. The average molecular weight is 316 g/mol. The lowest BCUT2D eigenvalue weighted by molar-refractivity contribution is 0.0641. The molecule has 98 valence electrons. The lowest BCUT2D eigenvalue weighted by Gasteiger charge is -2.21. The van der Waals surface area contributed by atoms with Crippen LogP contribution in [0.15, 0.2) is 22.7 Å². The van der Waals surface area contributed by atoms with Gasteiger partial charge >= 0.3 is 0 Å². The fourth-order valence-corrected chi connectivity index (χ4v) is 2.20. The molecule has 1 aromatic carbocycles. The number of halogens is 2. The van der Waals surface area contributed by atoms with E-state index >= 15 is 0 Å². The molecule has 0 heterocycles. The molecule has 0 aliphatic heterocycles. The Hall–Kier alpha value is -0.940.